The lowest BCUT2D eigenvalue weighted by molar-refractivity contribution is -0.138. The molecule has 1 aliphatic heterocycles. The number of carbonyl (C=O) groups is 2. The molecular weight excluding hydrogens is 670 g/mol. The number of aliphatic hydroxyl groups excluding tert-OH is 1. The van der Waals surface area contributed by atoms with E-state index in [0.717, 1.165) is 22.9 Å². The lowest BCUT2D eigenvalue weighted by Crippen LogP contribution is -2.14. The summed E-state index contributed by atoms with van der Waals surface area (Å²) in [7, 11) is 0. The summed E-state index contributed by atoms with van der Waals surface area (Å²) in [6, 6.07) is 18.1. The maximum atomic E-state index is 12.9. The topological polar surface area (TPSA) is 85.2 Å². The van der Waals surface area contributed by atoms with E-state index < -0.39 is 11.9 Å². The number of rotatable bonds is 7. The molecule has 1 N–H and O–H groups in total. The molecule has 6 nitrogen and oxygen atoms in total. The number of nitrogens with zero attached hydrogens (tertiary/aromatic N) is 1. The standard InChI is InChI=1S/C29H22Br2ClNO5S/c1-3-37-29(36)24-25(34)23(39-28(24)33-27(35)19-10-6-4-8-16(19)2)14-17-12-20(30)26(21(31)13-17)38-15-18-9-5-7-11-22(18)32/h4-14,34H,3,15H2,1-2H3/b23-14-,33-28?. The van der Waals surface area contributed by atoms with Crippen LogP contribution in [0.1, 0.15) is 34.0 Å². The maximum absolute atomic E-state index is 12.9. The summed E-state index contributed by atoms with van der Waals surface area (Å²) in [5, 5.41) is 11.7. The Morgan fingerprint density at radius 2 is 1.74 bits per heavy atom. The van der Waals surface area contributed by atoms with Crippen LogP contribution in [0.15, 0.2) is 90.8 Å². The minimum absolute atomic E-state index is 0.0725. The highest BCUT2D eigenvalue weighted by Crippen LogP contribution is 2.41. The minimum Gasteiger partial charge on any atom is -0.506 e. The van der Waals surface area contributed by atoms with Gasteiger partial charge < -0.3 is 14.6 Å². The van der Waals surface area contributed by atoms with Crippen molar-refractivity contribution in [3.63, 3.8) is 0 Å². The van der Waals surface area contributed by atoms with E-state index in [9.17, 15) is 14.7 Å². The van der Waals surface area contributed by atoms with Crippen LogP contribution in [-0.2, 0) is 16.1 Å². The summed E-state index contributed by atoms with van der Waals surface area (Å²) in [6.45, 7) is 3.84. The fraction of sp³-hybridized carbons (Fsp3) is 0.138. The SMILES string of the molecule is CCOC(=O)C1=C(O)/C(=C/c2cc(Br)c(OCc3ccccc3Cl)c(Br)c2)SC1=NC(=O)c1ccccc1C. The first-order valence-electron chi connectivity index (χ1n) is 11.7. The number of hydrogen-bond acceptors (Lipinski definition) is 6. The van der Waals surface area contributed by atoms with Crippen LogP contribution in [0.5, 0.6) is 5.75 Å². The fourth-order valence-electron chi connectivity index (χ4n) is 3.67. The number of aliphatic hydroxyl groups is 1. The monoisotopic (exact) mass is 689 g/mol. The fourth-order valence-corrected chi connectivity index (χ4v) is 6.33. The van der Waals surface area contributed by atoms with Gasteiger partial charge in [-0.05, 0) is 87.2 Å². The maximum Gasteiger partial charge on any atom is 0.344 e. The molecule has 200 valence electrons. The van der Waals surface area contributed by atoms with Gasteiger partial charge in [-0.3, -0.25) is 4.79 Å². The van der Waals surface area contributed by atoms with Gasteiger partial charge in [0.25, 0.3) is 5.91 Å². The van der Waals surface area contributed by atoms with Gasteiger partial charge in [0, 0.05) is 16.1 Å². The van der Waals surface area contributed by atoms with Gasteiger partial charge in [0.2, 0.25) is 0 Å². The summed E-state index contributed by atoms with van der Waals surface area (Å²) in [6.07, 6.45) is 1.69. The number of aryl methyl sites for hydroxylation is 1. The van der Waals surface area contributed by atoms with E-state index in [-0.39, 0.29) is 29.6 Å². The Kier molecular flexibility index (Phi) is 9.71. The number of aliphatic imine (C=N–C) groups is 1. The zero-order valence-electron chi connectivity index (χ0n) is 20.8. The van der Waals surface area contributed by atoms with Crippen molar-refractivity contribution in [2.45, 2.75) is 20.5 Å². The van der Waals surface area contributed by atoms with Crippen LogP contribution in [0.4, 0.5) is 0 Å². The molecule has 0 saturated heterocycles. The van der Waals surface area contributed by atoms with Crippen molar-refractivity contribution in [2.75, 3.05) is 6.61 Å². The molecule has 1 aliphatic rings. The summed E-state index contributed by atoms with van der Waals surface area (Å²) < 4.78 is 12.4. The Morgan fingerprint density at radius 1 is 1.08 bits per heavy atom. The first-order chi connectivity index (χ1) is 18.7. The first kappa shape index (κ1) is 29.1. The molecule has 0 atom stereocenters. The van der Waals surface area contributed by atoms with Crippen LogP contribution in [0.25, 0.3) is 6.08 Å². The van der Waals surface area contributed by atoms with Gasteiger partial charge in [-0.25, -0.2) is 9.79 Å². The molecule has 3 aromatic carbocycles. The number of hydrogen-bond donors (Lipinski definition) is 1. The Labute approximate surface area is 252 Å². The minimum atomic E-state index is -0.757. The Balaban J connectivity index is 1.65. The highest BCUT2D eigenvalue weighted by atomic mass is 79.9. The number of amides is 1. The lowest BCUT2D eigenvalue weighted by atomic mass is 10.1. The highest BCUT2D eigenvalue weighted by Gasteiger charge is 2.34. The molecular formula is C29H22Br2ClNO5S. The molecule has 0 aliphatic carbocycles. The molecule has 0 bridgehead atoms. The van der Waals surface area contributed by atoms with Gasteiger partial charge in [-0.1, -0.05) is 59.8 Å². The molecule has 0 saturated carbocycles. The first-order valence-corrected chi connectivity index (χ1v) is 14.5. The number of carbonyl (C=O) groups excluding carboxylic acids is 2. The number of halogens is 3. The molecule has 1 amide bonds. The van der Waals surface area contributed by atoms with Crippen LogP contribution in [0.3, 0.4) is 0 Å². The molecule has 39 heavy (non-hydrogen) atoms. The van der Waals surface area contributed by atoms with E-state index in [1.165, 1.54) is 0 Å². The zero-order chi connectivity index (χ0) is 28.1. The zero-order valence-corrected chi connectivity index (χ0v) is 25.6. The highest BCUT2D eigenvalue weighted by molar-refractivity contribution is 9.11. The third kappa shape index (κ3) is 6.84. The van der Waals surface area contributed by atoms with Crippen molar-refractivity contribution in [1.82, 2.24) is 0 Å². The molecule has 0 spiro atoms. The normalized spacial score (nSPS) is 15.2. The van der Waals surface area contributed by atoms with Gasteiger partial charge >= 0.3 is 5.97 Å². The van der Waals surface area contributed by atoms with Crippen LogP contribution >= 0.6 is 55.2 Å². The van der Waals surface area contributed by atoms with Crippen LogP contribution < -0.4 is 4.74 Å². The van der Waals surface area contributed by atoms with Crippen LogP contribution in [0.2, 0.25) is 5.02 Å². The number of esters is 1. The van der Waals surface area contributed by atoms with Crippen LogP contribution in [0, 0.1) is 6.92 Å². The summed E-state index contributed by atoms with van der Waals surface area (Å²) >= 11 is 14.3. The van der Waals surface area contributed by atoms with Crippen molar-refractivity contribution < 1.29 is 24.2 Å². The molecule has 4 rings (SSSR count). The molecule has 0 unspecified atom stereocenters. The van der Waals surface area contributed by atoms with Crippen molar-refractivity contribution in [3.8, 4) is 5.75 Å². The van der Waals surface area contributed by atoms with Gasteiger partial charge in [0.05, 0.1) is 20.5 Å². The third-order valence-corrected chi connectivity index (χ3v) is 8.16. The molecule has 10 heteroatoms. The van der Waals surface area contributed by atoms with Crippen molar-refractivity contribution in [2.24, 2.45) is 4.99 Å². The van der Waals surface area contributed by atoms with Crippen molar-refractivity contribution in [3.05, 3.63) is 113 Å². The van der Waals surface area contributed by atoms with Gasteiger partial charge in [0.1, 0.15) is 28.7 Å². The summed E-state index contributed by atoms with van der Waals surface area (Å²) in [5.74, 6) is -1.000. The van der Waals surface area contributed by atoms with Crippen LogP contribution in [-0.4, -0.2) is 28.6 Å². The van der Waals surface area contributed by atoms with Gasteiger partial charge in [-0.15, -0.1) is 0 Å². The predicted molar refractivity (Wildman–Crippen MR) is 162 cm³/mol. The Morgan fingerprint density at radius 3 is 2.41 bits per heavy atom. The molecule has 0 radical (unpaired) electrons. The number of thioether (sulfide) groups is 1. The van der Waals surface area contributed by atoms with E-state index in [2.05, 4.69) is 36.9 Å². The quantitative estimate of drug-likeness (QED) is 0.251. The largest absolute Gasteiger partial charge is 0.506 e. The molecule has 0 fully saturated rings. The van der Waals surface area contributed by atoms with Gasteiger partial charge in [-0.2, -0.15) is 0 Å². The van der Waals surface area contributed by atoms with E-state index >= 15 is 0 Å². The Hall–Kier alpha value is -2.85. The van der Waals surface area contributed by atoms with Gasteiger partial charge in [0.15, 0.2) is 0 Å². The second kappa shape index (κ2) is 13.0. The lowest BCUT2D eigenvalue weighted by Gasteiger charge is -2.12. The van der Waals surface area contributed by atoms with Crippen molar-refractivity contribution >= 4 is 78.2 Å². The van der Waals surface area contributed by atoms with E-state index in [1.807, 2.05) is 36.4 Å². The average molecular weight is 692 g/mol. The van der Waals surface area contributed by atoms with E-state index in [1.54, 1.807) is 44.2 Å². The van der Waals surface area contributed by atoms with E-state index in [0.29, 0.717) is 35.7 Å². The van der Waals surface area contributed by atoms with E-state index in [4.69, 9.17) is 21.1 Å². The predicted octanol–water partition coefficient (Wildman–Crippen LogP) is 8.45. The molecule has 3 aromatic rings. The smallest absolute Gasteiger partial charge is 0.344 e. The molecule has 1 heterocycles. The van der Waals surface area contributed by atoms with Crippen molar-refractivity contribution in [1.29, 1.82) is 0 Å². The number of ether oxygens (including phenoxy) is 2. The molecule has 0 aromatic heterocycles. The Bertz CT molecular complexity index is 1530. The third-order valence-electron chi connectivity index (χ3n) is 5.60. The second-order valence-electron chi connectivity index (χ2n) is 8.29. The second-order valence-corrected chi connectivity index (χ2v) is 11.4. The average Bonchev–Trinajstić information content (AvgIpc) is 3.19. The number of benzene rings is 3. The summed E-state index contributed by atoms with van der Waals surface area (Å²) in [5.41, 5.74) is 2.56. The summed E-state index contributed by atoms with van der Waals surface area (Å²) in [4.78, 5) is 30.1.